The van der Waals surface area contributed by atoms with Crippen molar-refractivity contribution in [3.05, 3.63) is 87.8 Å². The van der Waals surface area contributed by atoms with Gasteiger partial charge in [0.15, 0.2) is 22.1 Å². The largest absolute Gasteiger partial charge is 0.497 e. The average molecular weight is 515 g/mol. The molecule has 5 aromatic rings. The maximum atomic E-state index is 13.9. The zero-order valence-electron chi connectivity index (χ0n) is 20.3. The Bertz CT molecular complexity index is 1740. The minimum Gasteiger partial charge on any atom is -0.497 e. The molecule has 3 heterocycles. The third-order valence-corrected chi connectivity index (χ3v) is 7.39. The van der Waals surface area contributed by atoms with E-state index in [1.807, 2.05) is 31.2 Å². The first-order valence-corrected chi connectivity index (χ1v) is 12.5. The number of carbonyl (C=O) groups excluding carboxylic acids is 1. The number of nitrogens with zero attached hydrogens (tertiary/aromatic N) is 2. The van der Waals surface area contributed by atoms with Gasteiger partial charge in [-0.15, -0.1) is 0 Å². The van der Waals surface area contributed by atoms with Crippen LogP contribution in [0.3, 0.4) is 0 Å². The maximum absolute atomic E-state index is 13.9. The number of ether oxygens (including phenoxy) is 3. The highest BCUT2D eigenvalue weighted by molar-refractivity contribution is 7.22. The van der Waals surface area contributed by atoms with Crippen LogP contribution in [0, 0.1) is 0 Å². The lowest BCUT2D eigenvalue weighted by atomic mass is 9.98. The summed E-state index contributed by atoms with van der Waals surface area (Å²) < 4.78 is 23.5. The number of amides is 1. The molecule has 0 radical (unpaired) electrons. The smallest absolute Gasteiger partial charge is 0.297 e. The first kappa shape index (κ1) is 23.1. The van der Waals surface area contributed by atoms with Gasteiger partial charge in [0.1, 0.15) is 11.3 Å². The van der Waals surface area contributed by atoms with Gasteiger partial charge in [-0.05, 0) is 55.0 Å². The van der Waals surface area contributed by atoms with Crippen molar-refractivity contribution in [2.24, 2.45) is 0 Å². The molecule has 9 heteroatoms. The standard InChI is InChI=1S/C28H22N2O6S/c1-4-35-20-12-9-15(13-21(20)34-3)24-23-25(31)17-7-5-6-8-19(17)36-26(23)27(32)30(24)28-29-18-11-10-16(33-2)14-22(18)37-28/h5-14,24H,4H2,1-3H3. The normalized spacial score (nSPS) is 14.8. The number of rotatable bonds is 6. The molecule has 1 aliphatic rings. The number of aromatic nitrogens is 1. The van der Waals surface area contributed by atoms with Gasteiger partial charge in [-0.1, -0.05) is 29.5 Å². The van der Waals surface area contributed by atoms with Crippen molar-refractivity contribution < 1.29 is 23.4 Å². The third-order valence-electron chi connectivity index (χ3n) is 6.37. The van der Waals surface area contributed by atoms with Gasteiger partial charge >= 0.3 is 0 Å². The summed E-state index contributed by atoms with van der Waals surface area (Å²) in [5.74, 6) is 1.34. The number of fused-ring (bicyclic) bond motifs is 3. The molecule has 1 atom stereocenters. The summed E-state index contributed by atoms with van der Waals surface area (Å²) in [7, 11) is 3.15. The van der Waals surface area contributed by atoms with Crippen molar-refractivity contribution in [1.82, 2.24) is 4.98 Å². The van der Waals surface area contributed by atoms with Crippen LogP contribution in [-0.2, 0) is 0 Å². The summed E-state index contributed by atoms with van der Waals surface area (Å²) >= 11 is 1.34. The Morgan fingerprint density at radius 1 is 1.00 bits per heavy atom. The topological polar surface area (TPSA) is 91.1 Å². The van der Waals surface area contributed by atoms with Crippen LogP contribution in [0.2, 0.25) is 0 Å². The SMILES string of the molecule is CCOc1ccc(C2c3c(oc4ccccc4c3=O)C(=O)N2c2nc3ccc(OC)cc3s2)cc1OC. The highest BCUT2D eigenvalue weighted by Gasteiger charge is 2.45. The van der Waals surface area contributed by atoms with Crippen molar-refractivity contribution >= 4 is 43.6 Å². The molecule has 0 aliphatic carbocycles. The highest BCUT2D eigenvalue weighted by Crippen LogP contribution is 2.45. The fraction of sp³-hybridized carbons (Fsp3) is 0.179. The number of para-hydroxylation sites is 1. The van der Waals surface area contributed by atoms with E-state index < -0.39 is 11.9 Å². The molecule has 0 fully saturated rings. The minimum atomic E-state index is -0.768. The van der Waals surface area contributed by atoms with Crippen LogP contribution in [0.5, 0.6) is 17.2 Å². The predicted octanol–water partition coefficient (Wildman–Crippen LogP) is 5.57. The van der Waals surface area contributed by atoms with E-state index in [1.165, 1.54) is 16.2 Å². The summed E-state index contributed by atoms with van der Waals surface area (Å²) in [5, 5.41) is 0.855. The van der Waals surface area contributed by atoms with E-state index in [0.29, 0.717) is 45.5 Å². The van der Waals surface area contributed by atoms with E-state index in [1.54, 1.807) is 50.6 Å². The zero-order chi connectivity index (χ0) is 25.7. The zero-order valence-corrected chi connectivity index (χ0v) is 21.1. The van der Waals surface area contributed by atoms with Gasteiger partial charge in [0.25, 0.3) is 5.91 Å². The van der Waals surface area contributed by atoms with Crippen molar-refractivity contribution in [1.29, 1.82) is 0 Å². The van der Waals surface area contributed by atoms with E-state index >= 15 is 0 Å². The predicted molar refractivity (Wildman–Crippen MR) is 141 cm³/mol. The summed E-state index contributed by atoms with van der Waals surface area (Å²) in [6.45, 7) is 2.36. The number of methoxy groups -OCH3 is 2. The molecule has 0 saturated heterocycles. The molecule has 3 aromatic carbocycles. The average Bonchev–Trinajstić information content (AvgIpc) is 3.47. The van der Waals surface area contributed by atoms with E-state index in [4.69, 9.17) is 23.6 Å². The van der Waals surface area contributed by atoms with Gasteiger partial charge in [-0.3, -0.25) is 14.5 Å². The van der Waals surface area contributed by atoms with Gasteiger partial charge in [0.05, 0.1) is 48.0 Å². The lowest BCUT2D eigenvalue weighted by Gasteiger charge is -2.23. The Balaban J connectivity index is 1.60. The summed E-state index contributed by atoms with van der Waals surface area (Å²) in [6.07, 6.45) is 0. The summed E-state index contributed by atoms with van der Waals surface area (Å²) in [6, 6.07) is 17.1. The minimum absolute atomic E-state index is 0.0124. The Morgan fingerprint density at radius 3 is 2.62 bits per heavy atom. The fourth-order valence-electron chi connectivity index (χ4n) is 4.68. The first-order chi connectivity index (χ1) is 18.0. The summed E-state index contributed by atoms with van der Waals surface area (Å²) in [4.78, 5) is 33.9. The molecule has 0 spiro atoms. The molecule has 6 rings (SSSR count). The highest BCUT2D eigenvalue weighted by atomic mass is 32.1. The van der Waals surface area contributed by atoms with E-state index in [-0.39, 0.29) is 16.8 Å². The van der Waals surface area contributed by atoms with Crippen LogP contribution in [0.1, 0.15) is 34.6 Å². The molecule has 1 aliphatic heterocycles. The molecule has 0 bridgehead atoms. The van der Waals surface area contributed by atoms with Crippen LogP contribution in [-0.4, -0.2) is 31.7 Å². The Kier molecular flexibility index (Phi) is 5.57. The third kappa shape index (κ3) is 3.62. The number of hydrogen-bond acceptors (Lipinski definition) is 8. The second-order valence-electron chi connectivity index (χ2n) is 8.42. The number of carbonyl (C=O) groups is 1. The fourth-order valence-corrected chi connectivity index (χ4v) is 5.70. The van der Waals surface area contributed by atoms with E-state index in [0.717, 1.165) is 10.2 Å². The number of hydrogen-bond donors (Lipinski definition) is 0. The van der Waals surface area contributed by atoms with Crippen LogP contribution in [0.4, 0.5) is 5.13 Å². The molecule has 37 heavy (non-hydrogen) atoms. The van der Waals surface area contributed by atoms with Crippen molar-refractivity contribution in [2.45, 2.75) is 13.0 Å². The van der Waals surface area contributed by atoms with Crippen molar-refractivity contribution in [2.75, 3.05) is 25.7 Å². The molecular weight excluding hydrogens is 492 g/mol. The molecule has 186 valence electrons. The van der Waals surface area contributed by atoms with E-state index in [9.17, 15) is 9.59 Å². The summed E-state index contributed by atoms with van der Waals surface area (Å²) in [5.41, 5.74) is 1.77. The molecule has 0 N–H and O–H groups in total. The molecule has 8 nitrogen and oxygen atoms in total. The Labute approximate surface area is 215 Å². The molecule has 0 saturated carbocycles. The van der Waals surface area contributed by atoms with Gasteiger partial charge in [0.2, 0.25) is 5.76 Å². The molecule has 1 unspecified atom stereocenters. The van der Waals surface area contributed by atoms with Gasteiger partial charge in [-0.2, -0.15) is 0 Å². The van der Waals surface area contributed by atoms with Crippen LogP contribution in [0.15, 0.2) is 69.9 Å². The van der Waals surface area contributed by atoms with Gasteiger partial charge in [-0.25, -0.2) is 4.98 Å². The number of anilines is 1. The lowest BCUT2D eigenvalue weighted by Crippen LogP contribution is -2.29. The Hall–Kier alpha value is -4.37. The number of thiazole rings is 1. The molecular formula is C28H22N2O6S. The van der Waals surface area contributed by atoms with Crippen LogP contribution < -0.4 is 24.5 Å². The van der Waals surface area contributed by atoms with Crippen molar-refractivity contribution in [3.8, 4) is 17.2 Å². The Morgan fingerprint density at radius 2 is 1.84 bits per heavy atom. The lowest BCUT2D eigenvalue weighted by molar-refractivity contribution is 0.0971. The van der Waals surface area contributed by atoms with Gasteiger partial charge < -0.3 is 18.6 Å². The molecule has 2 aromatic heterocycles. The van der Waals surface area contributed by atoms with Crippen molar-refractivity contribution in [3.63, 3.8) is 0 Å². The monoisotopic (exact) mass is 514 g/mol. The van der Waals surface area contributed by atoms with Crippen LogP contribution in [0.25, 0.3) is 21.2 Å². The molecule has 1 amide bonds. The van der Waals surface area contributed by atoms with Gasteiger partial charge in [0, 0.05) is 0 Å². The second-order valence-corrected chi connectivity index (χ2v) is 9.43. The quantitative estimate of drug-likeness (QED) is 0.293. The van der Waals surface area contributed by atoms with Crippen LogP contribution >= 0.6 is 11.3 Å². The number of benzene rings is 3. The first-order valence-electron chi connectivity index (χ1n) is 11.7. The van der Waals surface area contributed by atoms with E-state index in [2.05, 4.69) is 0 Å². The maximum Gasteiger partial charge on any atom is 0.297 e. The second kappa shape index (κ2) is 8.94.